The lowest BCUT2D eigenvalue weighted by Crippen LogP contribution is -2.20. The Kier molecular flexibility index (Phi) is 4.29. The van der Waals surface area contributed by atoms with Crippen LogP contribution in [0, 0.1) is 18.6 Å². The van der Waals surface area contributed by atoms with Crippen LogP contribution in [0.25, 0.3) is 0 Å². The van der Waals surface area contributed by atoms with E-state index in [2.05, 4.69) is 5.32 Å². The summed E-state index contributed by atoms with van der Waals surface area (Å²) in [6.07, 6.45) is 1.38. The molecule has 20 heavy (non-hydrogen) atoms. The topological polar surface area (TPSA) is 59.3 Å². The normalized spacial score (nSPS) is 12.2. The first-order valence-electron chi connectivity index (χ1n) is 5.64. The highest BCUT2D eigenvalue weighted by molar-refractivity contribution is 7.85. The molecule has 0 aliphatic carbocycles. The van der Waals surface area contributed by atoms with Crippen LogP contribution in [0.2, 0.25) is 0 Å². The molecular formula is C13H11F2NO3S. The Balaban J connectivity index is 2.03. The van der Waals surface area contributed by atoms with E-state index in [9.17, 15) is 17.8 Å². The van der Waals surface area contributed by atoms with Crippen LogP contribution in [0.1, 0.15) is 5.76 Å². The first kappa shape index (κ1) is 14.4. The summed E-state index contributed by atoms with van der Waals surface area (Å²) in [6, 6.07) is 4.30. The maximum atomic E-state index is 13.3. The number of amides is 1. The number of benzene rings is 1. The van der Waals surface area contributed by atoms with Gasteiger partial charge in [0, 0.05) is 6.07 Å². The average molecular weight is 299 g/mol. The van der Waals surface area contributed by atoms with Gasteiger partial charge in [0.15, 0.2) is 0 Å². The lowest BCUT2D eigenvalue weighted by atomic mass is 10.3. The summed E-state index contributed by atoms with van der Waals surface area (Å²) in [6.45, 7) is 1.63. The van der Waals surface area contributed by atoms with Crippen molar-refractivity contribution in [2.75, 3.05) is 11.1 Å². The molecule has 7 heteroatoms. The third-order valence-corrected chi connectivity index (χ3v) is 3.96. The van der Waals surface area contributed by atoms with Crippen molar-refractivity contribution in [1.82, 2.24) is 0 Å². The number of hydrogen-bond acceptors (Lipinski definition) is 3. The standard InChI is InChI=1S/C13H11F2NO3S/c1-8-12(4-5-19-8)20(18)7-13(17)16-11-3-2-9(14)6-10(11)15/h2-6H,7H2,1H3,(H,16,17). The highest BCUT2D eigenvalue weighted by atomic mass is 32.2. The Labute approximate surface area is 116 Å². The van der Waals surface area contributed by atoms with Crippen molar-refractivity contribution in [1.29, 1.82) is 0 Å². The maximum Gasteiger partial charge on any atom is 0.237 e. The van der Waals surface area contributed by atoms with Gasteiger partial charge in [-0.05, 0) is 25.1 Å². The second-order valence-electron chi connectivity index (χ2n) is 4.00. The molecule has 1 N–H and O–H groups in total. The zero-order valence-corrected chi connectivity index (χ0v) is 11.3. The Morgan fingerprint density at radius 1 is 1.35 bits per heavy atom. The van der Waals surface area contributed by atoms with Gasteiger partial charge in [0.1, 0.15) is 23.1 Å². The van der Waals surface area contributed by atoms with Crippen molar-refractivity contribution in [2.45, 2.75) is 11.8 Å². The van der Waals surface area contributed by atoms with Crippen LogP contribution >= 0.6 is 0 Å². The van der Waals surface area contributed by atoms with Crippen LogP contribution in [0.4, 0.5) is 14.5 Å². The van der Waals surface area contributed by atoms with Gasteiger partial charge in [0.2, 0.25) is 5.91 Å². The molecule has 1 unspecified atom stereocenters. The quantitative estimate of drug-likeness (QED) is 0.944. The number of hydrogen-bond donors (Lipinski definition) is 1. The van der Waals surface area contributed by atoms with Crippen molar-refractivity contribution in [3.05, 3.63) is 47.9 Å². The maximum absolute atomic E-state index is 13.3. The van der Waals surface area contributed by atoms with E-state index >= 15 is 0 Å². The molecule has 0 spiro atoms. The van der Waals surface area contributed by atoms with E-state index in [1.165, 1.54) is 12.3 Å². The predicted molar refractivity (Wildman–Crippen MR) is 69.7 cm³/mol. The lowest BCUT2D eigenvalue weighted by molar-refractivity contribution is -0.113. The Bertz CT molecular complexity index is 669. The van der Waals surface area contributed by atoms with E-state index in [1.807, 2.05) is 0 Å². The SMILES string of the molecule is Cc1occc1S(=O)CC(=O)Nc1ccc(F)cc1F. The van der Waals surface area contributed by atoms with Gasteiger partial charge in [-0.15, -0.1) is 0 Å². The molecule has 0 saturated heterocycles. The predicted octanol–water partition coefficient (Wildman–Crippen LogP) is 2.61. The third-order valence-electron chi connectivity index (χ3n) is 2.52. The first-order valence-corrected chi connectivity index (χ1v) is 6.96. The van der Waals surface area contributed by atoms with Gasteiger partial charge in [0.05, 0.1) is 27.6 Å². The number of rotatable bonds is 4. The van der Waals surface area contributed by atoms with Gasteiger partial charge in [0.25, 0.3) is 0 Å². The van der Waals surface area contributed by atoms with E-state index in [4.69, 9.17) is 4.42 Å². The summed E-state index contributed by atoms with van der Waals surface area (Å²) >= 11 is 0. The number of carbonyl (C=O) groups excluding carboxylic acids is 1. The van der Waals surface area contributed by atoms with Crippen molar-refractivity contribution < 1.29 is 22.2 Å². The molecule has 0 saturated carbocycles. The Morgan fingerprint density at radius 3 is 2.70 bits per heavy atom. The summed E-state index contributed by atoms with van der Waals surface area (Å²) in [4.78, 5) is 12.1. The summed E-state index contributed by atoms with van der Waals surface area (Å²) < 4.78 is 42.9. The fourth-order valence-electron chi connectivity index (χ4n) is 1.58. The van der Waals surface area contributed by atoms with Crippen LogP contribution in [0.3, 0.4) is 0 Å². The average Bonchev–Trinajstić information content (AvgIpc) is 2.79. The number of halogens is 2. The van der Waals surface area contributed by atoms with Crippen LogP contribution in [0.5, 0.6) is 0 Å². The van der Waals surface area contributed by atoms with Crippen molar-refractivity contribution in [2.24, 2.45) is 0 Å². The largest absolute Gasteiger partial charge is 0.468 e. The monoisotopic (exact) mass is 299 g/mol. The molecule has 0 radical (unpaired) electrons. The number of furan rings is 1. The molecule has 2 aromatic rings. The fourth-order valence-corrected chi connectivity index (χ4v) is 2.63. The fraction of sp³-hybridized carbons (Fsp3) is 0.154. The molecule has 1 aromatic heterocycles. The third kappa shape index (κ3) is 3.30. The molecular weight excluding hydrogens is 288 g/mol. The Hall–Kier alpha value is -2.02. The molecule has 106 valence electrons. The van der Waals surface area contributed by atoms with Crippen LogP contribution < -0.4 is 5.32 Å². The van der Waals surface area contributed by atoms with E-state index in [0.29, 0.717) is 16.7 Å². The molecule has 0 aliphatic heterocycles. The summed E-state index contributed by atoms with van der Waals surface area (Å²) in [5, 5.41) is 2.25. The van der Waals surface area contributed by atoms with Crippen LogP contribution in [-0.4, -0.2) is 15.9 Å². The van der Waals surface area contributed by atoms with E-state index in [1.54, 1.807) is 6.92 Å². The summed E-state index contributed by atoms with van der Waals surface area (Å²) in [7, 11) is -1.58. The lowest BCUT2D eigenvalue weighted by Gasteiger charge is -2.06. The summed E-state index contributed by atoms with van der Waals surface area (Å²) in [5.41, 5.74) is -0.155. The van der Waals surface area contributed by atoms with Crippen LogP contribution in [0.15, 0.2) is 39.8 Å². The molecule has 4 nitrogen and oxygen atoms in total. The Morgan fingerprint density at radius 2 is 2.10 bits per heavy atom. The number of nitrogens with one attached hydrogen (secondary N) is 1. The second kappa shape index (κ2) is 5.96. The number of aryl methyl sites for hydroxylation is 1. The molecule has 0 bridgehead atoms. The molecule has 1 atom stereocenters. The minimum absolute atomic E-state index is 0.155. The van der Waals surface area contributed by atoms with E-state index in [0.717, 1.165) is 12.1 Å². The number of anilines is 1. The highest BCUT2D eigenvalue weighted by Gasteiger charge is 2.15. The van der Waals surface area contributed by atoms with E-state index in [-0.39, 0.29) is 11.4 Å². The zero-order chi connectivity index (χ0) is 14.7. The van der Waals surface area contributed by atoms with E-state index < -0.39 is 28.3 Å². The minimum atomic E-state index is -1.58. The van der Waals surface area contributed by atoms with Gasteiger partial charge in [-0.25, -0.2) is 8.78 Å². The second-order valence-corrected chi connectivity index (χ2v) is 5.42. The zero-order valence-electron chi connectivity index (χ0n) is 10.5. The van der Waals surface area contributed by atoms with Gasteiger partial charge >= 0.3 is 0 Å². The van der Waals surface area contributed by atoms with Crippen LogP contribution in [-0.2, 0) is 15.6 Å². The van der Waals surface area contributed by atoms with Gasteiger partial charge < -0.3 is 9.73 Å². The van der Waals surface area contributed by atoms with Gasteiger partial charge in [-0.2, -0.15) is 0 Å². The minimum Gasteiger partial charge on any atom is -0.468 e. The number of carbonyl (C=O) groups is 1. The van der Waals surface area contributed by atoms with Crippen molar-refractivity contribution in [3.8, 4) is 0 Å². The van der Waals surface area contributed by atoms with Gasteiger partial charge in [-0.1, -0.05) is 0 Å². The molecule has 1 amide bonds. The summed E-state index contributed by atoms with van der Waals surface area (Å²) in [5.74, 6) is -2.13. The van der Waals surface area contributed by atoms with Crippen molar-refractivity contribution in [3.63, 3.8) is 0 Å². The van der Waals surface area contributed by atoms with Crippen molar-refractivity contribution >= 4 is 22.4 Å². The smallest absolute Gasteiger partial charge is 0.237 e. The molecule has 1 heterocycles. The molecule has 2 rings (SSSR count). The molecule has 0 aliphatic rings. The first-order chi connectivity index (χ1) is 9.47. The molecule has 0 fully saturated rings. The highest BCUT2D eigenvalue weighted by Crippen LogP contribution is 2.16. The molecule has 1 aromatic carbocycles. The van der Waals surface area contributed by atoms with Gasteiger partial charge in [-0.3, -0.25) is 9.00 Å².